The standard InChI is InChI=1S/C28H27ClN4O/c1-20-16-23(27(29)17-24(20)19-32-12-14-33(15-13-32)28(31)34)11-10-22-8-5-9-25(26(22)18-30)21-6-3-2-4-7-21/h2-11,16-17H,12-15,19H2,1H3,(H2,31,34)/b11-10+. The fraction of sp³-hybridized carbons (Fsp3) is 0.214. The van der Waals surface area contributed by atoms with Crippen LogP contribution in [0, 0.1) is 18.3 Å². The Kier molecular flexibility index (Phi) is 7.32. The average Bonchev–Trinajstić information content (AvgIpc) is 2.85. The molecular weight excluding hydrogens is 444 g/mol. The first-order valence-corrected chi connectivity index (χ1v) is 11.7. The predicted molar refractivity (Wildman–Crippen MR) is 138 cm³/mol. The fourth-order valence-corrected chi connectivity index (χ4v) is 4.53. The summed E-state index contributed by atoms with van der Waals surface area (Å²) in [4.78, 5) is 15.3. The monoisotopic (exact) mass is 470 g/mol. The van der Waals surface area contributed by atoms with Crippen molar-refractivity contribution in [3.05, 3.63) is 93.5 Å². The van der Waals surface area contributed by atoms with Crippen molar-refractivity contribution < 1.29 is 4.79 Å². The molecule has 6 heteroatoms. The predicted octanol–water partition coefficient (Wildman–Crippen LogP) is 5.55. The molecule has 0 bridgehead atoms. The molecule has 1 fully saturated rings. The minimum atomic E-state index is -0.358. The number of nitrogens with two attached hydrogens (primary N) is 1. The highest BCUT2D eigenvalue weighted by molar-refractivity contribution is 6.32. The number of nitrogens with zero attached hydrogens (tertiary/aromatic N) is 3. The zero-order valence-corrected chi connectivity index (χ0v) is 19.9. The van der Waals surface area contributed by atoms with Gasteiger partial charge in [-0.2, -0.15) is 5.26 Å². The van der Waals surface area contributed by atoms with Crippen LogP contribution in [0.5, 0.6) is 0 Å². The van der Waals surface area contributed by atoms with Gasteiger partial charge < -0.3 is 10.6 Å². The summed E-state index contributed by atoms with van der Waals surface area (Å²) in [6, 6.07) is 21.9. The number of hydrogen-bond acceptors (Lipinski definition) is 3. The molecule has 4 rings (SSSR count). The van der Waals surface area contributed by atoms with Gasteiger partial charge in [0.25, 0.3) is 0 Å². The molecule has 1 aliphatic heterocycles. The van der Waals surface area contributed by atoms with E-state index in [1.165, 1.54) is 5.56 Å². The smallest absolute Gasteiger partial charge is 0.314 e. The number of primary amides is 1. The number of halogens is 1. The zero-order chi connectivity index (χ0) is 24.1. The maximum atomic E-state index is 11.3. The third-order valence-electron chi connectivity index (χ3n) is 6.27. The summed E-state index contributed by atoms with van der Waals surface area (Å²) in [6.45, 7) is 5.73. The second kappa shape index (κ2) is 10.6. The molecule has 0 radical (unpaired) electrons. The van der Waals surface area contributed by atoms with Crippen LogP contribution >= 0.6 is 11.6 Å². The van der Waals surface area contributed by atoms with Gasteiger partial charge in [-0.25, -0.2) is 4.79 Å². The summed E-state index contributed by atoms with van der Waals surface area (Å²) in [7, 11) is 0. The SMILES string of the molecule is Cc1cc(/C=C/c2cccc(-c3ccccc3)c2C#N)c(Cl)cc1CN1CCN(C(N)=O)CC1. The molecule has 0 atom stereocenters. The van der Waals surface area contributed by atoms with E-state index in [2.05, 4.69) is 24.0 Å². The lowest BCUT2D eigenvalue weighted by Crippen LogP contribution is -2.50. The van der Waals surface area contributed by atoms with Gasteiger partial charge in [0.05, 0.1) is 5.56 Å². The molecule has 0 aromatic heterocycles. The van der Waals surface area contributed by atoms with Gasteiger partial charge in [-0.1, -0.05) is 78.4 Å². The molecule has 0 unspecified atom stereocenters. The topological polar surface area (TPSA) is 73.4 Å². The van der Waals surface area contributed by atoms with Gasteiger partial charge in [-0.15, -0.1) is 0 Å². The number of carbonyl (C=O) groups excluding carboxylic acids is 1. The zero-order valence-electron chi connectivity index (χ0n) is 19.2. The van der Waals surface area contributed by atoms with E-state index < -0.39 is 0 Å². The Morgan fingerprint density at radius 1 is 1.03 bits per heavy atom. The lowest BCUT2D eigenvalue weighted by atomic mass is 9.95. The Labute approximate surface area is 205 Å². The van der Waals surface area contributed by atoms with E-state index >= 15 is 0 Å². The van der Waals surface area contributed by atoms with Crippen LogP contribution < -0.4 is 5.73 Å². The van der Waals surface area contributed by atoms with E-state index in [1.807, 2.05) is 66.7 Å². The largest absolute Gasteiger partial charge is 0.351 e. The Balaban J connectivity index is 1.53. The molecule has 2 amide bonds. The fourth-order valence-electron chi connectivity index (χ4n) is 4.28. The summed E-state index contributed by atoms with van der Waals surface area (Å²) < 4.78 is 0. The number of carbonyl (C=O) groups is 1. The molecule has 0 aliphatic carbocycles. The van der Waals surface area contributed by atoms with Crippen molar-refractivity contribution in [3.8, 4) is 17.2 Å². The van der Waals surface area contributed by atoms with Crippen LogP contribution in [0.4, 0.5) is 4.79 Å². The molecule has 2 N–H and O–H groups in total. The Bertz CT molecular complexity index is 1260. The van der Waals surface area contributed by atoms with Gasteiger partial charge in [-0.05, 0) is 40.8 Å². The lowest BCUT2D eigenvalue weighted by Gasteiger charge is -2.34. The first-order valence-electron chi connectivity index (χ1n) is 11.3. The Hall–Kier alpha value is -3.59. The van der Waals surface area contributed by atoms with Crippen LogP contribution in [-0.2, 0) is 6.54 Å². The van der Waals surface area contributed by atoms with E-state index in [0.29, 0.717) is 23.7 Å². The molecule has 0 spiro atoms. The highest BCUT2D eigenvalue weighted by Gasteiger charge is 2.20. The van der Waals surface area contributed by atoms with E-state index in [1.54, 1.807) is 4.90 Å². The highest BCUT2D eigenvalue weighted by atomic mass is 35.5. The third-order valence-corrected chi connectivity index (χ3v) is 6.60. The van der Waals surface area contributed by atoms with Crippen LogP contribution in [0.1, 0.15) is 27.8 Å². The van der Waals surface area contributed by atoms with Gasteiger partial charge in [0, 0.05) is 43.3 Å². The number of urea groups is 1. The molecule has 1 saturated heterocycles. The Morgan fingerprint density at radius 2 is 1.74 bits per heavy atom. The van der Waals surface area contributed by atoms with Crippen molar-refractivity contribution in [2.45, 2.75) is 13.5 Å². The maximum Gasteiger partial charge on any atom is 0.314 e. The average molecular weight is 471 g/mol. The van der Waals surface area contributed by atoms with E-state index in [-0.39, 0.29) is 6.03 Å². The van der Waals surface area contributed by atoms with Crippen LogP contribution in [-0.4, -0.2) is 42.0 Å². The minimum Gasteiger partial charge on any atom is -0.351 e. The maximum absolute atomic E-state index is 11.3. The van der Waals surface area contributed by atoms with Gasteiger partial charge in [0.2, 0.25) is 0 Å². The second-order valence-electron chi connectivity index (χ2n) is 8.48. The highest BCUT2D eigenvalue weighted by Crippen LogP contribution is 2.29. The van der Waals surface area contributed by atoms with Crippen LogP contribution in [0.2, 0.25) is 5.02 Å². The molecule has 0 saturated carbocycles. The quantitative estimate of drug-likeness (QED) is 0.496. The van der Waals surface area contributed by atoms with E-state index in [9.17, 15) is 10.1 Å². The van der Waals surface area contributed by atoms with Crippen molar-refractivity contribution in [1.29, 1.82) is 5.26 Å². The summed E-state index contributed by atoms with van der Waals surface area (Å²) >= 11 is 6.65. The molecule has 34 heavy (non-hydrogen) atoms. The van der Waals surface area contributed by atoms with Gasteiger partial charge in [0.1, 0.15) is 6.07 Å². The molecule has 1 aliphatic rings. The lowest BCUT2D eigenvalue weighted by molar-refractivity contribution is 0.140. The van der Waals surface area contributed by atoms with Crippen molar-refractivity contribution in [2.24, 2.45) is 5.73 Å². The summed E-state index contributed by atoms with van der Waals surface area (Å²) in [5.74, 6) is 0. The number of nitriles is 1. The van der Waals surface area contributed by atoms with Gasteiger partial charge >= 0.3 is 6.03 Å². The summed E-state index contributed by atoms with van der Waals surface area (Å²) in [6.07, 6.45) is 3.92. The second-order valence-corrected chi connectivity index (χ2v) is 8.89. The van der Waals surface area contributed by atoms with E-state index in [4.69, 9.17) is 17.3 Å². The number of benzene rings is 3. The van der Waals surface area contributed by atoms with Gasteiger partial charge in [0.15, 0.2) is 0 Å². The first-order chi connectivity index (χ1) is 16.5. The van der Waals surface area contributed by atoms with Crippen LogP contribution in [0.25, 0.3) is 23.3 Å². The molecule has 3 aromatic rings. The third kappa shape index (κ3) is 5.31. The van der Waals surface area contributed by atoms with E-state index in [0.717, 1.165) is 47.5 Å². The Morgan fingerprint density at radius 3 is 2.41 bits per heavy atom. The molecular formula is C28H27ClN4O. The van der Waals surface area contributed by atoms with Crippen molar-refractivity contribution >= 4 is 29.8 Å². The molecule has 172 valence electrons. The normalized spacial score (nSPS) is 14.3. The number of piperazine rings is 1. The van der Waals surface area contributed by atoms with Crippen molar-refractivity contribution in [2.75, 3.05) is 26.2 Å². The minimum absolute atomic E-state index is 0.358. The summed E-state index contributed by atoms with van der Waals surface area (Å²) in [5.41, 5.74) is 12.0. The molecule has 1 heterocycles. The summed E-state index contributed by atoms with van der Waals surface area (Å²) in [5, 5.41) is 10.5. The van der Waals surface area contributed by atoms with Crippen LogP contribution in [0.15, 0.2) is 60.7 Å². The first kappa shape index (κ1) is 23.6. The molecule has 5 nitrogen and oxygen atoms in total. The number of amides is 2. The van der Waals surface area contributed by atoms with Crippen LogP contribution in [0.3, 0.4) is 0 Å². The van der Waals surface area contributed by atoms with Crippen molar-refractivity contribution in [3.63, 3.8) is 0 Å². The number of rotatable bonds is 5. The number of hydrogen-bond donors (Lipinski definition) is 1. The molecule has 3 aromatic carbocycles. The number of aryl methyl sites for hydroxylation is 1. The van der Waals surface area contributed by atoms with Crippen molar-refractivity contribution in [1.82, 2.24) is 9.80 Å². The van der Waals surface area contributed by atoms with Gasteiger partial charge in [-0.3, -0.25) is 4.90 Å².